The maximum atomic E-state index is 10.1. The van der Waals surface area contributed by atoms with E-state index >= 15 is 0 Å². The first kappa shape index (κ1) is 22.6. The van der Waals surface area contributed by atoms with E-state index in [1.807, 2.05) is 73.8 Å². The van der Waals surface area contributed by atoms with Gasteiger partial charge in [0.05, 0.1) is 31.6 Å². The molecular formula is C26H29N3O4. The van der Waals surface area contributed by atoms with E-state index < -0.39 is 6.10 Å². The Morgan fingerprint density at radius 3 is 2.36 bits per heavy atom. The molecule has 0 aliphatic heterocycles. The molecule has 7 nitrogen and oxygen atoms in total. The normalized spacial score (nSPS) is 12.2. The number of hydrogen-bond acceptors (Lipinski definition) is 6. The molecule has 0 bridgehead atoms. The number of aromatic nitrogens is 2. The lowest BCUT2D eigenvalue weighted by atomic mass is 10.1. The number of ether oxygens (including phenoxy) is 2. The Morgan fingerprint density at radius 2 is 1.73 bits per heavy atom. The molecule has 1 unspecified atom stereocenters. The summed E-state index contributed by atoms with van der Waals surface area (Å²) in [4.78, 5) is 2.13. The largest absolute Gasteiger partial charge is 0.497 e. The maximum Gasteiger partial charge on any atom is 0.222 e. The minimum atomic E-state index is -0.497. The summed E-state index contributed by atoms with van der Waals surface area (Å²) in [5.41, 5.74) is 2.78. The van der Waals surface area contributed by atoms with Crippen LogP contribution in [0.15, 0.2) is 77.4 Å². The predicted octanol–water partition coefficient (Wildman–Crippen LogP) is 4.86. The van der Waals surface area contributed by atoms with Gasteiger partial charge >= 0.3 is 0 Å². The number of aliphatic hydroxyl groups excluding tert-OH is 1. The molecule has 2 heterocycles. The second-order valence-corrected chi connectivity index (χ2v) is 8.00. The van der Waals surface area contributed by atoms with Gasteiger partial charge in [-0.1, -0.05) is 30.3 Å². The molecule has 0 saturated carbocycles. The average Bonchev–Trinajstić information content (AvgIpc) is 3.43. The van der Waals surface area contributed by atoms with Crippen LogP contribution < -0.4 is 9.47 Å². The number of aryl methyl sites for hydroxylation is 1. The van der Waals surface area contributed by atoms with Gasteiger partial charge in [0.25, 0.3) is 0 Å². The second kappa shape index (κ2) is 10.4. The van der Waals surface area contributed by atoms with Crippen molar-refractivity contribution in [2.24, 2.45) is 7.05 Å². The van der Waals surface area contributed by atoms with E-state index in [9.17, 15) is 5.11 Å². The van der Waals surface area contributed by atoms with Gasteiger partial charge in [0.1, 0.15) is 23.0 Å². The second-order valence-electron chi connectivity index (χ2n) is 8.00. The van der Waals surface area contributed by atoms with Gasteiger partial charge in [0.2, 0.25) is 5.88 Å². The molecule has 172 valence electrons. The smallest absolute Gasteiger partial charge is 0.222 e. The Kier molecular flexibility index (Phi) is 7.12. The summed E-state index contributed by atoms with van der Waals surface area (Å²) < 4.78 is 18.9. The minimum Gasteiger partial charge on any atom is -0.497 e. The lowest BCUT2D eigenvalue weighted by Gasteiger charge is -2.23. The SMILES string of the molecule is COc1ccc(Oc2c(CN(Cc3ccco3)CC(C)O)c(-c3ccccc3)nn2C)cc1. The summed E-state index contributed by atoms with van der Waals surface area (Å²) in [5, 5.41) is 14.9. The molecule has 4 rings (SSSR count). The quantitative estimate of drug-likeness (QED) is 0.374. The lowest BCUT2D eigenvalue weighted by molar-refractivity contribution is 0.113. The average molecular weight is 448 g/mol. The molecule has 0 amide bonds. The van der Waals surface area contributed by atoms with Gasteiger partial charge in [0.15, 0.2) is 0 Å². The molecule has 0 radical (unpaired) electrons. The van der Waals surface area contributed by atoms with Crippen LogP contribution in [-0.4, -0.2) is 39.5 Å². The van der Waals surface area contributed by atoms with Crippen molar-refractivity contribution in [3.63, 3.8) is 0 Å². The molecule has 2 aromatic carbocycles. The van der Waals surface area contributed by atoms with Crippen molar-refractivity contribution in [2.75, 3.05) is 13.7 Å². The van der Waals surface area contributed by atoms with Crippen LogP contribution in [0.5, 0.6) is 17.4 Å². The molecule has 33 heavy (non-hydrogen) atoms. The number of hydrogen-bond donors (Lipinski definition) is 1. The van der Waals surface area contributed by atoms with Crippen LogP contribution in [0.3, 0.4) is 0 Å². The van der Waals surface area contributed by atoms with Gasteiger partial charge in [-0.05, 0) is 43.3 Å². The minimum absolute atomic E-state index is 0.478. The Balaban J connectivity index is 1.72. The van der Waals surface area contributed by atoms with E-state index in [-0.39, 0.29) is 0 Å². The number of benzene rings is 2. The predicted molar refractivity (Wildman–Crippen MR) is 126 cm³/mol. The molecule has 7 heteroatoms. The molecule has 1 N–H and O–H groups in total. The zero-order valence-electron chi connectivity index (χ0n) is 19.1. The highest BCUT2D eigenvalue weighted by atomic mass is 16.5. The maximum absolute atomic E-state index is 10.1. The summed E-state index contributed by atoms with van der Waals surface area (Å²) in [6.45, 7) is 3.34. The van der Waals surface area contributed by atoms with E-state index in [2.05, 4.69) is 4.90 Å². The molecule has 4 aromatic rings. The highest BCUT2D eigenvalue weighted by Gasteiger charge is 2.23. The van der Waals surface area contributed by atoms with Gasteiger partial charge in [-0.25, -0.2) is 4.68 Å². The first-order valence-corrected chi connectivity index (χ1v) is 10.9. The number of furan rings is 1. The molecule has 0 saturated heterocycles. The van der Waals surface area contributed by atoms with Crippen molar-refractivity contribution >= 4 is 0 Å². The number of nitrogens with zero attached hydrogens (tertiary/aromatic N) is 3. The zero-order chi connectivity index (χ0) is 23.2. The Morgan fingerprint density at radius 1 is 1.00 bits per heavy atom. The van der Waals surface area contributed by atoms with Gasteiger partial charge in [-0.15, -0.1) is 0 Å². The van der Waals surface area contributed by atoms with Crippen LogP contribution >= 0.6 is 0 Å². The van der Waals surface area contributed by atoms with Crippen LogP contribution in [0, 0.1) is 0 Å². The van der Waals surface area contributed by atoms with E-state index in [0.29, 0.717) is 31.3 Å². The molecule has 0 spiro atoms. The highest BCUT2D eigenvalue weighted by Crippen LogP contribution is 2.35. The Labute approximate surface area is 193 Å². The van der Waals surface area contributed by atoms with Crippen LogP contribution in [0.2, 0.25) is 0 Å². The summed E-state index contributed by atoms with van der Waals surface area (Å²) in [6.07, 6.45) is 1.16. The van der Waals surface area contributed by atoms with Crippen LogP contribution in [0.4, 0.5) is 0 Å². The van der Waals surface area contributed by atoms with Gasteiger partial charge in [0, 0.05) is 25.7 Å². The van der Waals surface area contributed by atoms with Crippen molar-refractivity contribution in [1.82, 2.24) is 14.7 Å². The highest BCUT2D eigenvalue weighted by molar-refractivity contribution is 5.65. The first-order valence-electron chi connectivity index (χ1n) is 10.9. The molecule has 0 aliphatic carbocycles. The van der Waals surface area contributed by atoms with Crippen LogP contribution in [0.25, 0.3) is 11.3 Å². The van der Waals surface area contributed by atoms with Crippen molar-refractivity contribution in [1.29, 1.82) is 0 Å². The Hall–Kier alpha value is -3.55. The first-order chi connectivity index (χ1) is 16.0. The third-order valence-corrected chi connectivity index (χ3v) is 5.27. The summed E-state index contributed by atoms with van der Waals surface area (Å²) >= 11 is 0. The third kappa shape index (κ3) is 5.63. The number of aliphatic hydroxyl groups is 1. The van der Waals surface area contributed by atoms with E-state index in [1.54, 1.807) is 25.0 Å². The molecule has 2 aromatic heterocycles. The van der Waals surface area contributed by atoms with Gasteiger partial charge in [-0.2, -0.15) is 5.10 Å². The standard InChI is InChI=1S/C26H29N3O4/c1-19(30)16-29(17-23-10-7-15-32-23)18-24-25(20-8-5-4-6-9-20)27-28(2)26(24)33-22-13-11-21(31-3)12-14-22/h4-15,19,30H,16-18H2,1-3H3. The molecule has 1 atom stereocenters. The van der Waals surface area contributed by atoms with E-state index in [1.165, 1.54) is 0 Å². The van der Waals surface area contributed by atoms with Crippen molar-refractivity contribution in [2.45, 2.75) is 26.1 Å². The molecule has 0 fully saturated rings. The van der Waals surface area contributed by atoms with E-state index in [0.717, 1.165) is 28.3 Å². The van der Waals surface area contributed by atoms with Crippen LogP contribution in [0.1, 0.15) is 18.2 Å². The number of rotatable bonds is 10. The van der Waals surface area contributed by atoms with Crippen LogP contribution in [-0.2, 0) is 20.1 Å². The summed E-state index contributed by atoms with van der Waals surface area (Å²) in [5.74, 6) is 2.93. The summed E-state index contributed by atoms with van der Waals surface area (Å²) in [6, 6.07) is 21.3. The lowest BCUT2D eigenvalue weighted by Crippen LogP contribution is -2.30. The number of methoxy groups -OCH3 is 1. The van der Waals surface area contributed by atoms with Crippen molar-refractivity contribution < 1.29 is 19.0 Å². The Bertz CT molecular complexity index is 1140. The zero-order valence-corrected chi connectivity index (χ0v) is 19.1. The van der Waals surface area contributed by atoms with Crippen molar-refractivity contribution in [3.8, 4) is 28.6 Å². The summed E-state index contributed by atoms with van der Waals surface area (Å²) in [7, 11) is 3.51. The fourth-order valence-corrected chi connectivity index (χ4v) is 3.81. The van der Waals surface area contributed by atoms with Crippen molar-refractivity contribution in [3.05, 3.63) is 84.3 Å². The third-order valence-electron chi connectivity index (χ3n) is 5.27. The monoisotopic (exact) mass is 447 g/mol. The topological polar surface area (TPSA) is 72.9 Å². The van der Waals surface area contributed by atoms with E-state index in [4.69, 9.17) is 19.0 Å². The fraction of sp³-hybridized carbons (Fsp3) is 0.269. The fourth-order valence-electron chi connectivity index (χ4n) is 3.81. The molecular weight excluding hydrogens is 418 g/mol. The molecule has 0 aliphatic rings. The van der Waals surface area contributed by atoms with Gasteiger partial charge in [-0.3, -0.25) is 4.90 Å². The van der Waals surface area contributed by atoms with Gasteiger partial charge < -0.3 is 19.0 Å².